The molecule has 0 radical (unpaired) electrons. The number of carbonyl (C=O) groups is 2. The van der Waals surface area contributed by atoms with E-state index in [0.717, 1.165) is 19.3 Å². The van der Waals surface area contributed by atoms with Gasteiger partial charge in [-0.1, -0.05) is 20.3 Å². The highest BCUT2D eigenvalue weighted by Gasteiger charge is 2.24. The fourth-order valence-corrected chi connectivity index (χ4v) is 1.94. The van der Waals surface area contributed by atoms with Gasteiger partial charge in [-0.25, -0.2) is 0 Å². The second kappa shape index (κ2) is 6.72. The quantitative estimate of drug-likeness (QED) is 0.747. The van der Waals surface area contributed by atoms with Crippen LogP contribution in [0.25, 0.3) is 0 Å². The maximum absolute atomic E-state index is 12.0. The fraction of sp³-hybridized carbons (Fsp3) is 0.500. The molecule has 2 rings (SSSR count). The Balaban J connectivity index is 1.92. The van der Waals surface area contributed by atoms with Crippen LogP contribution in [0.1, 0.15) is 43.5 Å². The second-order valence-electron chi connectivity index (χ2n) is 5.73. The molecule has 0 aliphatic heterocycles. The summed E-state index contributed by atoms with van der Waals surface area (Å²) in [6.07, 6.45) is 2.98. The Kier molecular flexibility index (Phi) is 4.96. The highest BCUT2D eigenvalue weighted by atomic mass is 16.2. The molecule has 21 heavy (non-hydrogen) atoms. The lowest BCUT2D eigenvalue weighted by Gasteiger charge is -2.17. The van der Waals surface area contributed by atoms with E-state index in [9.17, 15) is 9.59 Å². The Bertz CT molecular complexity index is 509. The molecule has 1 fully saturated rings. The minimum absolute atomic E-state index is 0.0633. The van der Waals surface area contributed by atoms with Gasteiger partial charge in [0.1, 0.15) is 0 Å². The van der Waals surface area contributed by atoms with E-state index in [1.165, 1.54) is 0 Å². The number of carbonyl (C=O) groups excluding carboxylic acids is 2. The van der Waals surface area contributed by atoms with Crippen molar-refractivity contribution in [2.45, 2.75) is 45.2 Å². The Morgan fingerprint density at radius 2 is 1.90 bits per heavy atom. The van der Waals surface area contributed by atoms with Gasteiger partial charge in [-0.05, 0) is 43.0 Å². The van der Waals surface area contributed by atoms with Crippen molar-refractivity contribution >= 4 is 17.5 Å². The molecule has 5 nitrogen and oxygen atoms in total. The molecule has 4 N–H and O–H groups in total. The molecule has 0 heterocycles. The highest BCUT2D eigenvalue weighted by molar-refractivity contribution is 5.97. The van der Waals surface area contributed by atoms with E-state index in [1.54, 1.807) is 24.3 Å². The third kappa shape index (κ3) is 4.29. The van der Waals surface area contributed by atoms with Crippen LogP contribution in [0.4, 0.5) is 5.69 Å². The van der Waals surface area contributed by atoms with Gasteiger partial charge in [0.15, 0.2) is 0 Å². The number of nitrogens with one attached hydrogen (secondary N) is 2. The van der Waals surface area contributed by atoms with Gasteiger partial charge in [-0.3, -0.25) is 9.59 Å². The molecule has 1 aromatic carbocycles. The zero-order valence-corrected chi connectivity index (χ0v) is 12.6. The predicted molar refractivity (Wildman–Crippen MR) is 83.0 cm³/mol. The summed E-state index contributed by atoms with van der Waals surface area (Å²) in [6, 6.07) is 6.69. The van der Waals surface area contributed by atoms with Crippen LogP contribution < -0.4 is 16.4 Å². The predicted octanol–water partition coefficient (Wildman–Crippen LogP) is 1.89. The van der Waals surface area contributed by atoms with E-state index in [-0.39, 0.29) is 17.7 Å². The lowest BCUT2D eigenvalue weighted by atomic mass is 9.99. The first kappa shape index (κ1) is 15.5. The molecule has 1 aliphatic rings. The average molecular weight is 289 g/mol. The van der Waals surface area contributed by atoms with Crippen LogP contribution in [0, 0.1) is 5.92 Å². The first-order chi connectivity index (χ1) is 10.0. The number of nitrogens with two attached hydrogens (primary N) is 1. The summed E-state index contributed by atoms with van der Waals surface area (Å²) in [7, 11) is 0. The summed E-state index contributed by atoms with van der Waals surface area (Å²) >= 11 is 0. The van der Waals surface area contributed by atoms with Gasteiger partial charge in [0.05, 0.1) is 6.04 Å². The summed E-state index contributed by atoms with van der Waals surface area (Å²) in [5.41, 5.74) is 7.14. The van der Waals surface area contributed by atoms with Crippen LogP contribution in [-0.2, 0) is 4.79 Å². The minimum Gasteiger partial charge on any atom is -0.349 e. The van der Waals surface area contributed by atoms with Gasteiger partial charge in [0.2, 0.25) is 5.91 Å². The third-order valence-corrected chi connectivity index (χ3v) is 3.89. The van der Waals surface area contributed by atoms with E-state index in [0.29, 0.717) is 17.3 Å². The molecule has 0 aromatic heterocycles. The molecular weight excluding hydrogens is 266 g/mol. The summed E-state index contributed by atoms with van der Waals surface area (Å²) < 4.78 is 0. The van der Waals surface area contributed by atoms with Crippen molar-refractivity contribution in [3.8, 4) is 0 Å². The first-order valence-corrected chi connectivity index (χ1v) is 7.48. The SMILES string of the molecule is CCC(C)C(N)C(=O)Nc1ccc(C(=O)NC2CC2)cc1. The zero-order chi connectivity index (χ0) is 15.4. The van der Waals surface area contributed by atoms with Crippen LogP contribution in [0.3, 0.4) is 0 Å². The number of hydrogen-bond acceptors (Lipinski definition) is 3. The molecule has 2 unspecified atom stereocenters. The number of anilines is 1. The van der Waals surface area contributed by atoms with Crippen LogP contribution >= 0.6 is 0 Å². The van der Waals surface area contributed by atoms with Crippen LogP contribution in [-0.4, -0.2) is 23.9 Å². The van der Waals surface area contributed by atoms with Crippen molar-refractivity contribution in [1.82, 2.24) is 5.32 Å². The lowest BCUT2D eigenvalue weighted by Crippen LogP contribution is -2.40. The van der Waals surface area contributed by atoms with Crippen LogP contribution in [0.15, 0.2) is 24.3 Å². The van der Waals surface area contributed by atoms with Crippen molar-refractivity contribution in [3.63, 3.8) is 0 Å². The summed E-state index contributed by atoms with van der Waals surface area (Å²) in [6.45, 7) is 3.96. The lowest BCUT2D eigenvalue weighted by molar-refractivity contribution is -0.118. The number of benzene rings is 1. The molecule has 1 aromatic rings. The summed E-state index contributed by atoms with van der Waals surface area (Å²) in [4.78, 5) is 23.8. The van der Waals surface area contributed by atoms with Crippen molar-refractivity contribution in [2.75, 3.05) is 5.32 Å². The van der Waals surface area contributed by atoms with E-state index in [2.05, 4.69) is 10.6 Å². The molecular formula is C16H23N3O2. The standard InChI is InChI=1S/C16H23N3O2/c1-3-10(2)14(17)16(21)19-12-6-4-11(5-7-12)15(20)18-13-8-9-13/h4-7,10,13-14H,3,8-9,17H2,1-2H3,(H,18,20)(H,19,21). The fourth-order valence-electron chi connectivity index (χ4n) is 1.94. The van der Waals surface area contributed by atoms with Gasteiger partial charge >= 0.3 is 0 Å². The molecule has 1 aliphatic carbocycles. The largest absolute Gasteiger partial charge is 0.349 e. The monoisotopic (exact) mass is 289 g/mol. The van der Waals surface area contributed by atoms with Crippen molar-refractivity contribution < 1.29 is 9.59 Å². The molecule has 2 amide bonds. The van der Waals surface area contributed by atoms with E-state index >= 15 is 0 Å². The zero-order valence-electron chi connectivity index (χ0n) is 12.6. The molecule has 1 saturated carbocycles. The van der Waals surface area contributed by atoms with Crippen molar-refractivity contribution in [2.24, 2.45) is 11.7 Å². The first-order valence-electron chi connectivity index (χ1n) is 7.48. The number of rotatable bonds is 6. The van der Waals surface area contributed by atoms with Gasteiger partial charge in [0, 0.05) is 17.3 Å². The molecule has 0 bridgehead atoms. The van der Waals surface area contributed by atoms with E-state index < -0.39 is 6.04 Å². The van der Waals surface area contributed by atoms with Gasteiger partial charge in [-0.2, -0.15) is 0 Å². The number of amides is 2. The average Bonchev–Trinajstić information content (AvgIpc) is 3.30. The van der Waals surface area contributed by atoms with E-state index in [1.807, 2.05) is 13.8 Å². The molecule has 114 valence electrons. The van der Waals surface area contributed by atoms with Gasteiger partial charge < -0.3 is 16.4 Å². The Hall–Kier alpha value is -1.88. The second-order valence-corrected chi connectivity index (χ2v) is 5.73. The Morgan fingerprint density at radius 1 is 1.29 bits per heavy atom. The van der Waals surface area contributed by atoms with Crippen LogP contribution in [0.2, 0.25) is 0 Å². The summed E-state index contributed by atoms with van der Waals surface area (Å²) in [5.74, 6) is -0.125. The van der Waals surface area contributed by atoms with Crippen molar-refractivity contribution in [3.05, 3.63) is 29.8 Å². The Labute approximate surface area is 125 Å². The van der Waals surface area contributed by atoms with Gasteiger partial charge in [-0.15, -0.1) is 0 Å². The maximum atomic E-state index is 12.0. The van der Waals surface area contributed by atoms with Crippen LogP contribution in [0.5, 0.6) is 0 Å². The molecule has 0 saturated heterocycles. The maximum Gasteiger partial charge on any atom is 0.251 e. The van der Waals surface area contributed by atoms with E-state index in [4.69, 9.17) is 5.73 Å². The molecule has 5 heteroatoms. The normalized spacial score (nSPS) is 16.9. The summed E-state index contributed by atoms with van der Waals surface area (Å²) in [5, 5.41) is 5.71. The number of hydrogen-bond donors (Lipinski definition) is 3. The molecule has 0 spiro atoms. The smallest absolute Gasteiger partial charge is 0.251 e. The molecule has 2 atom stereocenters. The highest BCUT2D eigenvalue weighted by Crippen LogP contribution is 2.19. The third-order valence-electron chi connectivity index (χ3n) is 3.89. The van der Waals surface area contributed by atoms with Gasteiger partial charge in [0.25, 0.3) is 5.91 Å². The minimum atomic E-state index is -0.521. The van der Waals surface area contributed by atoms with Crippen molar-refractivity contribution in [1.29, 1.82) is 0 Å². The topological polar surface area (TPSA) is 84.2 Å². The Morgan fingerprint density at radius 3 is 2.43 bits per heavy atom.